The van der Waals surface area contributed by atoms with Gasteiger partial charge in [0.2, 0.25) is 15.9 Å². The molecule has 0 heterocycles. The zero-order valence-electron chi connectivity index (χ0n) is 18.5. The standard InChI is InChI=1S/C23H32N2O4S/c1-16(2)21(25-30(27,28)20-12-10-19(29-6)11-13-20)22(26)24-15-23(4,5)18-9-7-8-17(3)14-18/h7-14,16,21,25H,15H2,1-6H3,(H,24,26)/t21-/m0/s1. The van der Waals surface area contributed by atoms with Gasteiger partial charge in [-0.3, -0.25) is 4.79 Å². The smallest absolute Gasteiger partial charge is 0.241 e. The molecule has 164 valence electrons. The van der Waals surface area contributed by atoms with Gasteiger partial charge in [-0.2, -0.15) is 4.72 Å². The van der Waals surface area contributed by atoms with Crippen molar-refractivity contribution in [3.8, 4) is 5.75 Å². The van der Waals surface area contributed by atoms with Crippen LogP contribution in [0.5, 0.6) is 5.75 Å². The molecule has 0 fully saturated rings. The van der Waals surface area contributed by atoms with Crippen LogP contribution in [0, 0.1) is 12.8 Å². The van der Waals surface area contributed by atoms with Crippen molar-refractivity contribution in [1.29, 1.82) is 0 Å². The zero-order chi connectivity index (χ0) is 22.5. The Morgan fingerprint density at radius 2 is 1.73 bits per heavy atom. The van der Waals surface area contributed by atoms with E-state index in [4.69, 9.17) is 4.74 Å². The molecular weight excluding hydrogens is 400 g/mol. The number of amides is 1. The fourth-order valence-electron chi connectivity index (χ4n) is 3.07. The van der Waals surface area contributed by atoms with E-state index in [1.807, 2.05) is 52.8 Å². The highest BCUT2D eigenvalue weighted by Gasteiger charge is 2.30. The largest absolute Gasteiger partial charge is 0.497 e. The van der Waals surface area contributed by atoms with Crippen LogP contribution in [0.3, 0.4) is 0 Å². The Labute approximate surface area is 180 Å². The van der Waals surface area contributed by atoms with Crippen molar-refractivity contribution in [3.63, 3.8) is 0 Å². The minimum atomic E-state index is -3.85. The lowest BCUT2D eigenvalue weighted by molar-refractivity contribution is -0.123. The lowest BCUT2D eigenvalue weighted by Crippen LogP contribution is -2.51. The van der Waals surface area contributed by atoms with E-state index in [2.05, 4.69) is 16.1 Å². The molecule has 30 heavy (non-hydrogen) atoms. The van der Waals surface area contributed by atoms with Crippen LogP contribution < -0.4 is 14.8 Å². The highest BCUT2D eigenvalue weighted by atomic mass is 32.2. The average Bonchev–Trinajstić information content (AvgIpc) is 2.70. The number of benzene rings is 2. The van der Waals surface area contributed by atoms with E-state index in [0.29, 0.717) is 12.3 Å². The SMILES string of the molecule is COc1ccc(S(=O)(=O)N[C@H](C(=O)NCC(C)(C)c2cccc(C)c2)C(C)C)cc1. The highest BCUT2D eigenvalue weighted by Crippen LogP contribution is 2.23. The third kappa shape index (κ3) is 6.06. The summed E-state index contributed by atoms with van der Waals surface area (Å²) in [7, 11) is -2.34. The molecule has 2 aromatic carbocycles. The summed E-state index contributed by atoms with van der Waals surface area (Å²) in [5.41, 5.74) is 1.97. The molecule has 0 unspecified atom stereocenters. The molecule has 0 aliphatic rings. The molecule has 2 rings (SSSR count). The molecule has 6 nitrogen and oxygen atoms in total. The monoisotopic (exact) mass is 432 g/mol. The molecule has 0 radical (unpaired) electrons. The Bertz CT molecular complexity index is 967. The Kier molecular flexibility index (Phi) is 7.66. The summed E-state index contributed by atoms with van der Waals surface area (Å²) in [6, 6.07) is 13.3. The lowest BCUT2D eigenvalue weighted by Gasteiger charge is -2.28. The maximum Gasteiger partial charge on any atom is 0.241 e. The van der Waals surface area contributed by atoms with Crippen molar-refractivity contribution in [1.82, 2.24) is 10.0 Å². The van der Waals surface area contributed by atoms with Crippen molar-refractivity contribution in [2.75, 3.05) is 13.7 Å². The number of ether oxygens (including phenoxy) is 1. The quantitative estimate of drug-likeness (QED) is 0.636. The number of rotatable bonds is 9. The van der Waals surface area contributed by atoms with Gasteiger partial charge in [0.05, 0.1) is 12.0 Å². The van der Waals surface area contributed by atoms with Gasteiger partial charge in [-0.15, -0.1) is 0 Å². The number of sulfonamides is 1. The average molecular weight is 433 g/mol. The van der Waals surface area contributed by atoms with Gasteiger partial charge in [-0.25, -0.2) is 8.42 Å². The maximum atomic E-state index is 12.9. The first-order valence-corrected chi connectivity index (χ1v) is 11.5. The van der Waals surface area contributed by atoms with Crippen LogP contribution in [0.15, 0.2) is 53.4 Å². The molecular formula is C23H32N2O4S. The van der Waals surface area contributed by atoms with Crippen LogP contribution in [0.2, 0.25) is 0 Å². The van der Waals surface area contributed by atoms with Crippen molar-refractivity contribution in [2.45, 2.75) is 51.0 Å². The van der Waals surface area contributed by atoms with Crippen LogP contribution in [-0.4, -0.2) is 34.0 Å². The maximum absolute atomic E-state index is 12.9. The summed E-state index contributed by atoms with van der Waals surface area (Å²) in [5.74, 6) is -0.00611. The van der Waals surface area contributed by atoms with Crippen molar-refractivity contribution < 1.29 is 17.9 Å². The third-order valence-electron chi connectivity index (χ3n) is 5.11. The van der Waals surface area contributed by atoms with E-state index in [9.17, 15) is 13.2 Å². The number of hydrogen-bond acceptors (Lipinski definition) is 4. The van der Waals surface area contributed by atoms with Gasteiger partial charge in [-0.1, -0.05) is 57.5 Å². The van der Waals surface area contributed by atoms with Gasteiger partial charge in [0.1, 0.15) is 11.8 Å². The van der Waals surface area contributed by atoms with Crippen LogP contribution in [0.1, 0.15) is 38.8 Å². The highest BCUT2D eigenvalue weighted by molar-refractivity contribution is 7.89. The van der Waals surface area contributed by atoms with E-state index in [1.165, 1.54) is 19.2 Å². The van der Waals surface area contributed by atoms with E-state index in [-0.39, 0.29) is 22.1 Å². The molecule has 0 bridgehead atoms. The number of hydrogen-bond donors (Lipinski definition) is 2. The first-order valence-electron chi connectivity index (χ1n) is 9.97. The Hall–Kier alpha value is -2.38. The first kappa shape index (κ1) is 23.9. The summed E-state index contributed by atoms with van der Waals surface area (Å²) < 4.78 is 33.2. The molecule has 0 aliphatic heterocycles. The second-order valence-corrected chi connectivity index (χ2v) is 10.2. The summed E-state index contributed by atoms with van der Waals surface area (Å²) in [6.45, 7) is 10.1. The van der Waals surface area contributed by atoms with Crippen LogP contribution in [0.4, 0.5) is 0 Å². The normalized spacial score (nSPS) is 13.2. The number of carbonyl (C=O) groups excluding carboxylic acids is 1. The predicted octanol–water partition coefficient (Wildman–Crippen LogP) is 3.40. The molecule has 0 spiro atoms. The van der Waals surface area contributed by atoms with Gasteiger partial charge in [0.15, 0.2) is 0 Å². The zero-order valence-corrected chi connectivity index (χ0v) is 19.3. The van der Waals surface area contributed by atoms with Crippen LogP contribution >= 0.6 is 0 Å². The van der Waals surface area contributed by atoms with E-state index in [1.54, 1.807) is 12.1 Å². The number of carbonyl (C=O) groups is 1. The number of methoxy groups -OCH3 is 1. The van der Waals surface area contributed by atoms with E-state index in [0.717, 1.165) is 11.1 Å². The predicted molar refractivity (Wildman–Crippen MR) is 119 cm³/mol. The molecule has 1 amide bonds. The molecule has 7 heteroatoms. The Balaban J connectivity index is 2.12. The molecule has 0 aliphatic carbocycles. The Morgan fingerprint density at radius 3 is 2.27 bits per heavy atom. The molecule has 0 aromatic heterocycles. The molecule has 0 saturated heterocycles. The first-order chi connectivity index (χ1) is 14.0. The van der Waals surface area contributed by atoms with Gasteiger partial charge in [0.25, 0.3) is 0 Å². The summed E-state index contributed by atoms with van der Waals surface area (Å²) in [4.78, 5) is 13.0. The van der Waals surface area contributed by atoms with E-state index >= 15 is 0 Å². The fourth-order valence-corrected chi connectivity index (χ4v) is 4.41. The third-order valence-corrected chi connectivity index (χ3v) is 6.56. The van der Waals surface area contributed by atoms with Crippen molar-refractivity contribution >= 4 is 15.9 Å². The molecule has 2 aromatic rings. The summed E-state index contributed by atoms with van der Waals surface area (Å²) in [6.07, 6.45) is 0. The summed E-state index contributed by atoms with van der Waals surface area (Å²) >= 11 is 0. The summed E-state index contributed by atoms with van der Waals surface area (Å²) in [5, 5.41) is 2.93. The molecule has 2 N–H and O–H groups in total. The topological polar surface area (TPSA) is 84.5 Å². The second-order valence-electron chi connectivity index (χ2n) is 8.49. The Morgan fingerprint density at radius 1 is 1.10 bits per heavy atom. The number of aryl methyl sites for hydroxylation is 1. The van der Waals surface area contributed by atoms with Crippen LogP contribution in [-0.2, 0) is 20.2 Å². The van der Waals surface area contributed by atoms with Crippen molar-refractivity contribution in [2.24, 2.45) is 5.92 Å². The molecule has 0 saturated carbocycles. The lowest BCUT2D eigenvalue weighted by atomic mass is 9.84. The van der Waals surface area contributed by atoms with Crippen molar-refractivity contribution in [3.05, 3.63) is 59.7 Å². The molecule has 1 atom stereocenters. The van der Waals surface area contributed by atoms with E-state index < -0.39 is 16.1 Å². The van der Waals surface area contributed by atoms with Gasteiger partial charge < -0.3 is 10.1 Å². The minimum absolute atomic E-state index is 0.0850. The van der Waals surface area contributed by atoms with Crippen LogP contribution in [0.25, 0.3) is 0 Å². The van der Waals surface area contributed by atoms with Gasteiger partial charge in [-0.05, 0) is 42.7 Å². The van der Waals surface area contributed by atoms with Gasteiger partial charge >= 0.3 is 0 Å². The minimum Gasteiger partial charge on any atom is -0.497 e. The fraction of sp³-hybridized carbons (Fsp3) is 0.435. The second kappa shape index (κ2) is 9.62. The number of nitrogens with one attached hydrogen (secondary N) is 2. The van der Waals surface area contributed by atoms with Gasteiger partial charge in [0, 0.05) is 12.0 Å².